The number of rotatable bonds is 3. The molecule has 6 heteroatoms. The summed E-state index contributed by atoms with van der Waals surface area (Å²) in [5, 5.41) is 13.5. The Morgan fingerprint density at radius 1 is 1.36 bits per heavy atom. The van der Waals surface area contributed by atoms with Gasteiger partial charge in [0, 0.05) is 5.56 Å². The zero-order valence-electron chi connectivity index (χ0n) is 7.17. The average molecular weight is 215 g/mol. The Bertz CT molecular complexity index is 452. The van der Waals surface area contributed by atoms with Crippen molar-refractivity contribution in [3.05, 3.63) is 29.8 Å². The Morgan fingerprint density at radius 3 is 2.43 bits per heavy atom. The van der Waals surface area contributed by atoms with Crippen LogP contribution >= 0.6 is 0 Å². The van der Waals surface area contributed by atoms with Crippen LogP contribution in [0.2, 0.25) is 0 Å². The number of aliphatic hydroxyl groups excluding tert-OH is 1. The van der Waals surface area contributed by atoms with Gasteiger partial charge in [-0.1, -0.05) is 12.1 Å². The second-order valence-corrected chi connectivity index (χ2v) is 4.15. The van der Waals surface area contributed by atoms with Crippen LogP contribution in [0.1, 0.15) is 10.4 Å². The molecule has 0 bridgehead atoms. The summed E-state index contributed by atoms with van der Waals surface area (Å²) in [6.45, 7) is -0.744. The van der Waals surface area contributed by atoms with Gasteiger partial charge in [-0.05, 0) is 12.1 Å². The van der Waals surface area contributed by atoms with Crippen molar-refractivity contribution in [2.45, 2.75) is 4.90 Å². The number of hydrogen-bond acceptors (Lipinski definition) is 4. The molecule has 0 atom stereocenters. The summed E-state index contributed by atoms with van der Waals surface area (Å²) in [5.41, 5.74) is -0.0856. The summed E-state index contributed by atoms with van der Waals surface area (Å²) in [4.78, 5) is 10.8. The lowest BCUT2D eigenvalue weighted by Gasteiger charge is -2.03. The van der Waals surface area contributed by atoms with Crippen LogP contribution in [0.3, 0.4) is 0 Å². The van der Waals surface area contributed by atoms with Crippen LogP contribution in [0, 0.1) is 0 Å². The maximum absolute atomic E-state index is 11.1. The fourth-order valence-corrected chi connectivity index (χ4v) is 1.79. The minimum Gasteiger partial charge on any atom is -0.388 e. The number of nitrogens with two attached hydrogens (primary N) is 1. The van der Waals surface area contributed by atoms with Crippen molar-refractivity contribution >= 4 is 15.8 Å². The summed E-state index contributed by atoms with van der Waals surface area (Å²) in [7, 11) is -3.92. The van der Waals surface area contributed by atoms with Crippen LogP contribution in [0.25, 0.3) is 0 Å². The van der Waals surface area contributed by atoms with Gasteiger partial charge in [-0.25, -0.2) is 13.6 Å². The monoisotopic (exact) mass is 215 g/mol. The molecule has 0 aliphatic rings. The fraction of sp³-hybridized carbons (Fsp3) is 0.125. The number of ketones is 1. The number of carbonyl (C=O) groups is 1. The minimum absolute atomic E-state index is 0.0856. The van der Waals surface area contributed by atoms with Gasteiger partial charge < -0.3 is 5.11 Å². The lowest BCUT2D eigenvalue weighted by molar-refractivity contribution is 0.0900. The van der Waals surface area contributed by atoms with Gasteiger partial charge in [-0.2, -0.15) is 0 Å². The molecule has 1 aromatic carbocycles. The van der Waals surface area contributed by atoms with E-state index in [0.717, 1.165) is 0 Å². The highest BCUT2D eigenvalue weighted by Gasteiger charge is 2.17. The van der Waals surface area contributed by atoms with Gasteiger partial charge >= 0.3 is 0 Å². The smallest absolute Gasteiger partial charge is 0.238 e. The molecule has 0 unspecified atom stereocenters. The zero-order chi connectivity index (χ0) is 10.8. The van der Waals surface area contributed by atoms with Crippen molar-refractivity contribution in [1.29, 1.82) is 0 Å². The number of aliphatic hydroxyl groups is 1. The maximum atomic E-state index is 11.1. The van der Waals surface area contributed by atoms with Crippen LogP contribution < -0.4 is 5.14 Å². The van der Waals surface area contributed by atoms with Crippen molar-refractivity contribution in [2.75, 3.05) is 6.61 Å². The highest BCUT2D eigenvalue weighted by molar-refractivity contribution is 7.89. The maximum Gasteiger partial charge on any atom is 0.238 e. The van der Waals surface area contributed by atoms with E-state index in [4.69, 9.17) is 10.2 Å². The summed E-state index contributed by atoms with van der Waals surface area (Å²) >= 11 is 0. The first-order chi connectivity index (χ1) is 6.46. The Hall–Kier alpha value is -1.24. The molecule has 0 amide bonds. The first-order valence-electron chi connectivity index (χ1n) is 3.72. The van der Waals surface area contributed by atoms with E-state index in [1.165, 1.54) is 24.3 Å². The largest absolute Gasteiger partial charge is 0.388 e. The molecule has 0 heterocycles. The van der Waals surface area contributed by atoms with Gasteiger partial charge in [0.05, 0.1) is 4.90 Å². The van der Waals surface area contributed by atoms with E-state index in [9.17, 15) is 13.2 Å². The Labute approximate surface area is 81.2 Å². The van der Waals surface area contributed by atoms with Gasteiger partial charge in [0.2, 0.25) is 10.0 Å². The molecule has 14 heavy (non-hydrogen) atoms. The summed E-state index contributed by atoms with van der Waals surface area (Å²) in [6, 6.07) is 5.47. The number of primary sulfonamides is 1. The Kier molecular flexibility index (Phi) is 3.00. The quantitative estimate of drug-likeness (QED) is 0.665. The predicted octanol–water partition coefficient (Wildman–Crippen LogP) is -0.491. The third-order valence-electron chi connectivity index (χ3n) is 1.64. The molecule has 0 saturated heterocycles. The van der Waals surface area contributed by atoms with E-state index < -0.39 is 22.4 Å². The summed E-state index contributed by atoms with van der Waals surface area (Å²) in [5.74, 6) is -0.672. The molecule has 76 valence electrons. The van der Waals surface area contributed by atoms with E-state index in [1.54, 1.807) is 0 Å². The number of carbonyl (C=O) groups excluding carboxylic acids is 1. The van der Waals surface area contributed by atoms with E-state index in [2.05, 4.69) is 0 Å². The molecule has 0 aromatic heterocycles. The Morgan fingerprint density at radius 2 is 1.93 bits per heavy atom. The topological polar surface area (TPSA) is 97.5 Å². The second kappa shape index (κ2) is 3.87. The van der Waals surface area contributed by atoms with Crippen molar-refractivity contribution in [3.8, 4) is 0 Å². The molecule has 0 fully saturated rings. The van der Waals surface area contributed by atoms with Crippen LogP contribution in [0.5, 0.6) is 0 Å². The normalized spacial score (nSPS) is 11.3. The standard InChI is InChI=1S/C8H9NO4S/c9-14(12,13)8-4-2-1-3-6(8)7(11)5-10/h1-4,10H,5H2,(H2,9,12,13). The zero-order valence-corrected chi connectivity index (χ0v) is 7.99. The number of sulfonamides is 1. The Balaban J connectivity index is 3.38. The molecule has 0 aliphatic heterocycles. The average Bonchev–Trinajstić information content (AvgIpc) is 2.15. The van der Waals surface area contributed by atoms with Crippen molar-refractivity contribution < 1.29 is 18.3 Å². The molecule has 1 aromatic rings. The third kappa shape index (κ3) is 2.16. The van der Waals surface area contributed by atoms with E-state index in [-0.39, 0.29) is 10.5 Å². The summed E-state index contributed by atoms with van der Waals surface area (Å²) < 4.78 is 22.0. The van der Waals surface area contributed by atoms with Crippen molar-refractivity contribution in [1.82, 2.24) is 0 Å². The van der Waals surface area contributed by atoms with Crippen molar-refractivity contribution in [3.63, 3.8) is 0 Å². The van der Waals surface area contributed by atoms with Gasteiger partial charge in [0.1, 0.15) is 6.61 Å². The molecule has 3 N–H and O–H groups in total. The third-order valence-corrected chi connectivity index (χ3v) is 2.61. The summed E-state index contributed by atoms with van der Waals surface area (Å²) in [6.07, 6.45) is 0. The molecular formula is C8H9NO4S. The lowest BCUT2D eigenvalue weighted by Crippen LogP contribution is -2.17. The number of benzene rings is 1. The van der Waals surface area contributed by atoms with Gasteiger partial charge in [0.15, 0.2) is 5.78 Å². The predicted molar refractivity (Wildman–Crippen MR) is 49.2 cm³/mol. The van der Waals surface area contributed by atoms with Crippen LogP contribution in [-0.4, -0.2) is 25.9 Å². The molecule has 1 rings (SSSR count). The van der Waals surface area contributed by atoms with E-state index in [1.807, 2.05) is 0 Å². The first-order valence-corrected chi connectivity index (χ1v) is 5.27. The van der Waals surface area contributed by atoms with Crippen LogP contribution in [0.4, 0.5) is 0 Å². The first kappa shape index (κ1) is 10.8. The highest BCUT2D eigenvalue weighted by atomic mass is 32.2. The lowest BCUT2D eigenvalue weighted by atomic mass is 10.1. The van der Waals surface area contributed by atoms with Gasteiger partial charge in [0.25, 0.3) is 0 Å². The molecule has 0 spiro atoms. The highest BCUT2D eigenvalue weighted by Crippen LogP contribution is 2.13. The van der Waals surface area contributed by atoms with Gasteiger partial charge in [-0.3, -0.25) is 4.79 Å². The van der Waals surface area contributed by atoms with Crippen LogP contribution in [-0.2, 0) is 10.0 Å². The minimum atomic E-state index is -3.92. The number of hydrogen-bond donors (Lipinski definition) is 2. The second-order valence-electron chi connectivity index (χ2n) is 2.62. The molecule has 0 saturated carbocycles. The van der Waals surface area contributed by atoms with E-state index >= 15 is 0 Å². The number of Topliss-reactive ketones (excluding diaryl/α,β-unsaturated/α-hetero) is 1. The van der Waals surface area contributed by atoms with Crippen molar-refractivity contribution in [2.24, 2.45) is 5.14 Å². The van der Waals surface area contributed by atoms with E-state index in [0.29, 0.717) is 0 Å². The van der Waals surface area contributed by atoms with Crippen LogP contribution in [0.15, 0.2) is 29.2 Å². The SMILES string of the molecule is NS(=O)(=O)c1ccccc1C(=O)CO. The molecule has 0 aliphatic carbocycles. The van der Waals surface area contributed by atoms with Gasteiger partial charge in [-0.15, -0.1) is 0 Å². The molecular weight excluding hydrogens is 206 g/mol. The molecule has 0 radical (unpaired) electrons. The molecule has 5 nitrogen and oxygen atoms in total. The fourth-order valence-electron chi connectivity index (χ4n) is 1.03.